The van der Waals surface area contributed by atoms with Gasteiger partial charge in [-0.05, 0) is 30.7 Å². The molecule has 4 heteroatoms. The molecular formula is C13H10ClN3. The zero-order chi connectivity index (χ0) is 11.8. The van der Waals surface area contributed by atoms with Gasteiger partial charge in [-0.25, -0.2) is 9.97 Å². The van der Waals surface area contributed by atoms with Gasteiger partial charge in [-0.15, -0.1) is 0 Å². The molecule has 0 fully saturated rings. The Morgan fingerprint density at radius 2 is 2.06 bits per heavy atom. The molecule has 0 aliphatic carbocycles. The zero-order valence-corrected chi connectivity index (χ0v) is 10.0. The molecule has 17 heavy (non-hydrogen) atoms. The fourth-order valence-corrected chi connectivity index (χ4v) is 2.15. The summed E-state index contributed by atoms with van der Waals surface area (Å²) in [7, 11) is 0. The summed E-state index contributed by atoms with van der Waals surface area (Å²) < 4.78 is 1.98. The van der Waals surface area contributed by atoms with Gasteiger partial charge in [-0.1, -0.05) is 11.6 Å². The molecule has 3 nitrogen and oxygen atoms in total. The summed E-state index contributed by atoms with van der Waals surface area (Å²) in [5.41, 5.74) is 4.10. The van der Waals surface area contributed by atoms with E-state index in [1.165, 1.54) is 0 Å². The van der Waals surface area contributed by atoms with E-state index in [2.05, 4.69) is 9.97 Å². The Bertz CT molecular complexity index is 688. The fraction of sp³-hybridized carbons (Fsp3) is 0.0769. The summed E-state index contributed by atoms with van der Waals surface area (Å²) in [4.78, 5) is 8.36. The van der Waals surface area contributed by atoms with Crippen molar-refractivity contribution in [3.05, 3.63) is 53.7 Å². The number of fused-ring (bicyclic) bond motifs is 1. The average molecular weight is 244 g/mol. The second kappa shape index (κ2) is 3.86. The van der Waals surface area contributed by atoms with Gasteiger partial charge in [0.1, 0.15) is 10.8 Å². The van der Waals surface area contributed by atoms with Crippen LogP contribution in [0.25, 0.3) is 16.8 Å². The lowest BCUT2D eigenvalue weighted by Crippen LogP contribution is -1.91. The number of hydrogen-bond donors (Lipinski definition) is 0. The van der Waals surface area contributed by atoms with E-state index in [-0.39, 0.29) is 0 Å². The number of hydrogen-bond acceptors (Lipinski definition) is 2. The third-order valence-electron chi connectivity index (χ3n) is 2.79. The van der Waals surface area contributed by atoms with Crippen molar-refractivity contribution < 1.29 is 0 Å². The Balaban J connectivity index is 2.30. The molecule has 0 aliphatic rings. The minimum Gasteiger partial charge on any atom is -0.306 e. The van der Waals surface area contributed by atoms with Gasteiger partial charge in [0.2, 0.25) is 0 Å². The predicted molar refractivity (Wildman–Crippen MR) is 68.2 cm³/mol. The topological polar surface area (TPSA) is 30.2 Å². The maximum Gasteiger partial charge on any atom is 0.136 e. The van der Waals surface area contributed by atoms with Crippen LogP contribution >= 0.6 is 11.6 Å². The number of halogens is 1. The molecule has 0 radical (unpaired) electrons. The van der Waals surface area contributed by atoms with E-state index < -0.39 is 0 Å². The SMILES string of the molecule is Cc1cc2nccn2cc1-c1cccnc1Cl. The lowest BCUT2D eigenvalue weighted by molar-refractivity contribution is 1.17. The maximum absolute atomic E-state index is 6.12. The highest BCUT2D eigenvalue weighted by Crippen LogP contribution is 2.28. The van der Waals surface area contributed by atoms with Crippen LogP contribution in [0.15, 0.2) is 43.0 Å². The van der Waals surface area contributed by atoms with Gasteiger partial charge in [0, 0.05) is 35.9 Å². The van der Waals surface area contributed by atoms with E-state index in [4.69, 9.17) is 11.6 Å². The third-order valence-corrected chi connectivity index (χ3v) is 3.09. The van der Waals surface area contributed by atoms with Crippen molar-refractivity contribution in [2.45, 2.75) is 6.92 Å². The predicted octanol–water partition coefficient (Wildman–Crippen LogP) is 3.36. The summed E-state index contributed by atoms with van der Waals surface area (Å²) in [6.07, 6.45) is 7.42. The molecule has 0 spiro atoms. The first kappa shape index (κ1) is 10.3. The van der Waals surface area contributed by atoms with Crippen LogP contribution in [0.1, 0.15) is 5.56 Å². The van der Waals surface area contributed by atoms with Gasteiger partial charge in [-0.3, -0.25) is 0 Å². The van der Waals surface area contributed by atoms with E-state index in [0.717, 1.165) is 22.3 Å². The van der Waals surface area contributed by atoms with Gasteiger partial charge in [-0.2, -0.15) is 0 Å². The Morgan fingerprint density at radius 3 is 2.88 bits per heavy atom. The standard InChI is InChI=1S/C13H10ClN3/c1-9-7-12-15-5-6-17(12)8-11(9)10-3-2-4-16-13(10)14/h2-8H,1H3. The van der Waals surface area contributed by atoms with Gasteiger partial charge in [0.25, 0.3) is 0 Å². The van der Waals surface area contributed by atoms with Crippen molar-refractivity contribution in [1.29, 1.82) is 0 Å². The van der Waals surface area contributed by atoms with Crippen molar-refractivity contribution in [2.24, 2.45) is 0 Å². The normalized spacial score (nSPS) is 10.9. The van der Waals surface area contributed by atoms with Crippen LogP contribution < -0.4 is 0 Å². The first-order chi connectivity index (χ1) is 8.25. The highest BCUT2D eigenvalue weighted by molar-refractivity contribution is 6.32. The summed E-state index contributed by atoms with van der Waals surface area (Å²) in [5, 5.41) is 0.523. The lowest BCUT2D eigenvalue weighted by atomic mass is 10.1. The minimum absolute atomic E-state index is 0.523. The van der Waals surface area contributed by atoms with Gasteiger partial charge in [0.05, 0.1) is 0 Å². The van der Waals surface area contributed by atoms with Crippen LogP contribution in [0.2, 0.25) is 5.15 Å². The van der Waals surface area contributed by atoms with Crippen molar-refractivity contribution >= 4 is 17.2 Å². The molecule has 0 unspecified atom stereocenters. The molecule has 0 aliphatic heterocycles. The molecule has 84 valence electrons. The molecule has 0 bridgehead atoms. The monoisotopic (exact) mass is 243 g/mol. The highest BCUT2D eigenvalue weighted by atomic mass is 35.5. The Kier molecular flexibility index (Phi) is 2.34. The van der Waals surface area contributed by atoms with Crippen molar-refractivity contribution in [3.8, 4) is 11.1 Å². The van der Waals surface area contributed by atoms with Gasteiger partial charge in [0.15, 0.2) is 0 Å². The lowest BCUT2D eigenvalue weighted by Gasteiger charge is -2.08. The first-order valence-corrected chi connectivity index (χ1v) is 5.68. The van der Waals surface area contributed by atoms with Crippen molar-refractivity contribution in [2.75, 3.05) is 0 Å². The summed E-state index contributed by atoms with van der Waals surface area (Å²) >= 11 is 6.12. The third kappa shape index (κ3) is 1.68. The van der Waals surface area contributed by atoms with Crippen LogP contribution in [-0.4, -0.2) is 14.4 Å². The van der Waals surface area contributed by atoms with Crippen LogP contribution in [-0.2, 0) is 0 Å². The van der Waals surface area contributed by atoms with E-state index in [1.54, 1.807) is 12.4 Å². The molecule has 3 rings (SSSR count). The molecule has 0 amide bonds. The van der Waals surface area contributed by atoms with Gasteiger partial charge >= 0.3 is 0 Å². The molecular weight excluding hydrogens is 234 g/mol. The summed E-state index contributed by atoms with van der Waals surface area (Å²) in [6, 6.07) is 5.90. The van der Waals surface area contributed by atoms with E-state index in [0.29, 0.717) is 5.15 Å². The largest absolute Gasteiger partial charge is 0.306 e. The molecule has 0 N–H and O–H groups in total. The van der Waals surface area contributed by atoms with Crippen molar-refractivity contribution in [3.63, 3.8) is 0 Å². The number of imidazole rings is 1. The highest BCUT2D eigenvalue weighted by Gasteiger charge is 2.08. The van der Waals surface area contributed by atoms with E-state index >= 15 is 0 Å². The van der Waals surface area contributed by atoms with Crippen molar-refractivity contribution in [1.82, 2.24) is 14.4 Å². The van der Waals surface area contributed by atoms with E-state index in [1.807, 2.05) is 41.9 Å². The molecule has 3 aromatic heterocycles. The Morgan fingerprint density at radius 1 is 1.18 bits per heavy atom. The number of rotatable bonds is 1. The molecule has 0 saturated heterocycles. The summed E-state index contributed by atoms with van der Waals surface area (Å²) in [5.74, 6) is 0. The summed E-state index contributed by atoms with van der Waals surface area (Å²) in [6.45, 7) is 2.05. The average Bonchev–Trinajstić information content (AvgIpc) is 2.76. The van der Waals surface area contributed by atoms with E-state index in [9.17, 15) is 0 Å². The Hall–Kier alpha value is -1.87. The Labute approximate surface area is 104 Å². The van der Waals surface area contributed by atoms with Gasteiger partial charge < -0.3 is 4.40 Å². The number of aromatic nitrogens is 3. The quantitative estimate of drug-likeness (QED) is 0.614. The number of aryl methyl sites for hydroxylation is 1. The zero-order valence-electron chi connectivity index (χ0n) is 9.26. The minimum atomic E-state index is 0.523. The molecule has 0 aromatic carbocycles. The second-order valence-electron chi connectivity index (χ2n) is 3.90. The second-order valence-corrected chi connectivity index (χ2v) is 4.26. The van der Waals surface area contributed by atoms with Crippen LogP contribution in [0.5, 0.6) is 0 Å². The maximum atomic E-state index is 6.12. The van der Waals surface area contributed by atoms with Crippen LogP contribution in [0.4, 0.5) is 0 Å². The molecule has 3 aromatic rings. The first-order valence-electron chi connectivity index (χ1n) is 5.30. The van der Waals surface area contributed by atoms with Crippen LogP contribution in [0.3, 0.4) is 0 Å². The molecule has 0 atom stereocenters. The molecule has 3 heterocycles. The fourth-order valence-electron chi connectivity index (χ4n) is 1.93. The number of nitrogens with zero attached hydrogens (tertiary/aromatic N) is 3. The van der Waals surface area contributed by atoms with Crippen LogP contribution in [0, 0.1) is 6.92 Å². The number of pyridine rings is 2. The molecule has 0 saturated carbocycles. The smallest absolute Gasteiger partial charge is 0.136 e.